The molecule has 0 atom stereocenters. The summed E-state index contributed by atoms with van der Waals surface area (Å²) in [5, 5.41) is 3.83. The van der Waals surface area contributed by atoms with E-state index in [-0.39, 0.29) is 12.4 Å². The highest BCUT2D eigenvalue weighted by Crippen LogP contribution is 2.37. The lowest BCUT2D eigenvalue weighted by Gasteiger charge is -2.16. The Morgan fingerprint density at radius 3 is 2.36 bits per heavy atom. The molecule has 0 fully saturated rings. The molecule has 28 heavy (non-hydrogen) atoms. The molecule has 146 valence electrons. The van der Waals surface area contributed by atoms with Gasteiger partial charge in [-0.25, -0.2) is 4.39 Å². The molecule has 3 aromatic rings. The predicted octanol–water partition coefficient (Wildman–Crippen LogP) is 6.83. The van der Waals surface area contributed by atoms with Crippen molar-refractivity contribution in [1.82, 2.24) is 0 Å². The summed E-state index contributed by atoms with van der Waals surface area (Å²) in [5.74, 6) is 0.796. The van der Waals surface area contributed by atoms with Gasteiger partial charge in [0.1, 0.15) is 12.4 Å². The van der Waals surface area contributed by atoms with E-state index in [1.54, 1.807) is 12.1 Å². The smallest absolute Gasteiger partial charge is 0.180 e. The molecule has 0 aliphatic rings. The van der Waals surface area contributed by atoms with Gasteiger partial charge in [-0.15, -0.1) is 0 Å². The molecule has 1 N–H and O–H groups in total. The third kappa shape index (κ3) is 5.63. The van der Waals surface area contributed by atoms with E-state index in [0.717, 1.165) is 21.3 Å². The number of benzene rings is 3. The standard InChI is InChI=1S/C22H20BrClFNO2/c1-2-27-21-12-16(13-26-19-9-5-17(23)6-10-19)11-20(24)22(21)28-14-15-3-7-18(25)8-4-15/h3-12,26H,2,13-14H2,1H3. The number of hydrogen-bond donors (Lipinski definition) is 1. The van der Waals surface area contributed by atoms with Crippen molar-refractivity contribution in [1.29, 1.82) is 0 Å². The lowest BCUT2D eigenvalue weighted by atomic mass is 10.2. The van der Waals surface area contributed by atoms with Crippen LogP contribution in [0, 0.1) is 5.82 Å². The number of anilines is 1. The van der Waals surface area contributed by atoms with Crippen molar-refractivity contribution in [3.63, 3.8) is 0 Å². The average Bonchev–Trinajstić information content (AvgIpc) is 2.68. The minimum Gasteiger partial charge on any atom is -0.490 e. The van der Waals surface area contributed by atoms with Gasteiger partial charge in [0.05, 0.1) is 11.6 Å². The van der Waals surface area contributed by atoms with E-state index in [0.29, 0.717) is 29.7 Å². The van der Waals surface area contributed by atoms with Crippen molar-refractivity contribution in [3.8, 4) is 11.5 Å². The maximum atomic E-state index is 13.0. The molecule has 0 aromatic heterocycles. The number of ether oxygens (including phenoxy) is 2. The van der Waals surface area contributed by atoms with Crippen LogP contribution in [0.25, 0.3) is 0 Å². The second-order valence-electron chi connectivity index (χ2n) is 6.11. The van der Waals surface area contributed by atoms with Crippen molar-refractivity contribution in [2.24, 2.45) is 0 Å². The normalized spacial score (nSPS) is 10.6. The van der Waals surface area contributed by atoms with Crippen LogP contribution < -0.4 is 14.8 Å². The molecule has 3 nitrogen and oxygen atoms in total. The Hall–Kier alpha value is -2.24. The van der Waals surface area contributed by atoms with Gasteiger partial charge >= 0.3 is 0 Å². The first-order chi connectivity index (χ1) is 13.5. The van der Waals surface area contributed by atoms with Crippen molar-refractivity contribution >= 4 is 33.2 Å². The van der Waals surface area contributed by atoms with Gasteiger partial charge < -0.3 is 14.8 Å². The first kappa shape index (κ1) is 20.5. The maximum Gasteiger partial charge on any atom is 0.180 e. The highest BCUT2D eigenvalue weighted by molar-refractivity contribution is 9.10. The van der Waals surface area contributed by atoms with Gasteiger partial charge in [-0.3, -0.25) is 0 Å². The first-order valence-electron chi connectivity index (χ1n) is 8.87. The molecular formula is C22H20BrClFNO2. The van der Waals surface area contributed by atoms with E-state index in [9.17, 15) is 4.39 Å². The zero-order chi connectivity index (χ0) is 19.9. The summed E-state index contributed by atoms with van der Waals surface area (Å²) >= 11 is 9.89. The third-order valence-electron chi connectivity index (χ3n) is 4.01. The van der Waals surface area contributed by atoms with Crippen LogP contribution >= 0.6 is 27.5 Å². The van der Waals surface area contributed by atoms with Crippen molar-refractivity contribution in [3.05, 3.63) is 87.1 Å². The topological polar surface area (TPSA) is 30.5 Å². The maximum absolute atomic E-state index is 13.0. The van der Waals surface area contributed by atoms with Gasteiger partial charge in [-0.05, 0) is 66.6 Å². The van der Waals surface area contributed by atoms with Crippen molar-refractivity contribution < 1.29 is 13.9 Å². The second-order valence-corrected chi connectivity index (χ2v) is 7.44. The zero-order valence-electron chi connectivity index (χ0n) is 15.3. The van der Waals surface area contributed by atoms with E-state index in [1.807, 2.05) is 43.3 Å². The van der Waals surface area contributed by atoms with Gasteiger partial charge in [-0.2, -0.15) is 0 Å². The molecule has 0 unspecified atom stereocenters. The third-order valence-corrected chi connectivity index (χ3v) is 4.82. The molecule has 0 aliphatic heterocycles. The highest BCUT2D eigenvalue weighted by Gasteiger charge is 2.13. The fourth-order valence-electron chi connectivity index (χ4n) is 2.63. The van der Waals surface area contributed by atoms with Gasteiger partial charge in [0.15, 0.2) is 11.5 Å². The average molecular weight is 465 g/mol. The first-order valence-corrected chi connectivity index (χ1v) is 10.0. The Balaban J connectivity index is 1.73. The number of halogens is 3. The molecule has 6 heteroatoms. The summed E-state index contributed by atoms with van der Waals surface area (Å²) in [7, 11) is 0. The molecule has 3 aromatic carbocycles. The van der Waals surface area contributed by atoms with Crippen LogP contribution in [0.15, 0.2) is 65.1 Å². The Morgan fingerprint density at radius 1 is 0.964 bits per heavy atom. The van der Waals surface area contributed by atoms with Crippen LogP contribution in [0.1, 0.15) is 18.1 Å². The Kier molecular flexibility index (Phi) is 7.18. The molecule has 0 saturated carbocycles. The van der Waals surface area contributed by atoms with Crippen molar-refractivity contribution in [2.75, 3.05) is 11.9 Å². The van der Waals surface area contributed by atoms with Gasteiger partial charge in [0.25, 0.3) is 0 Å². The minimum absolute atomic E-state index is 0.274. The summed E-state index contributed by atoms with van der Waals surface area (Å²) in [6.45, 7) is 3.27. The molecule has 0 amide bonds. The van der Waals surface area contributed by atoms with E-state index in [1.165, 1.54) is 12.1 Å². The van der Waals surface area contributed by atoms with E-state index in [2.05, 4.69) is 21.2 Å². The molecule has 0 aliphatic carbocycles. The van der Waals surface area contributed by atoms with Crippen LogP contribution in [-0.4, -0.2) is 6.61 Å². The monoisotopic (exact) mass is 463 g/mol. The number of rotatable bonds is 8. The van der Waals surface area contributed by atoms with Gasteiger partial charge in [0.2, 0.25) is 0 Å². The SMILES string of the molecule is CCOc1cc(CNc2ccc(Br)cc2)cc(Cl)c1OCc1ccc(F)cc1. The summed E-state index contributed by atoms with van der Waals surface area (Å²) < 4.78 is 25.7. The Labute approximate surface area is 177 Å². The second kappa shape index (κ2) is 9.80. The van der Waals surface area contributed by atoms with Crippen LogP contribution in [0.5, 0.6) is 11.5 Å². The molecule has 0 bridgehead atoms. The van der Waals surface area contributed by atoms with E-state index >= 15 is 0 Å². The molecule has 0 saturated heterocycles. The molecule has 0 radical (unpaired) electrons. The quantitative estimate of drug-likeness (QED) is 0.396. The van der Waals surface area contributed by atoms with Crippen LogP contribution in [0.2, 0.25) is 5.02 Å². The summed E-state index contributed by atoms with van der Waals surface area (Å²) in [5.41, 5.74) is 2.83. The molecule has 3 rings (SSSR count). The number of hydrogen-bond acceptors (Lipinski definition) is 3. The summed E-state index contributed by atoms with van der Waals surface area (Å²) in [6.07, 6.45) is 0. The van der Waals surface area contributed by atoms with E-state index in [4.69, 9.17) is 21.1 Å². The fourth-order valence-corrected chi connectivity index (χ4v) is 3.19. The van der Waals surface area contributed by atoms with Crippen LogP contribution in [0.4, 0.5) is 10.1 Å². The minimum atomic E-state index is -0.278. The predicted molar refractivity (Wildman–Crippen MR) is 115 cm³/mol. The summed E-state index contributed by atoms with van der Waals surface area (Å²) in [6, 6.07) is 17.9. The Bertz CT molecular complexity index is 917. The Morgan fingerprint density at radius 2 is 1.68 bits per heavy atom. The van der Waals surface area contributed by atoms with E-state index < -0.39 is 0 Å². The lowest BCUT2D eigenvalue weighted by molar-refractivity contribution is 0.269. The van der Waals surface area contributed by atoms with Gasteiger partial charge in [-0.1, -0.05) is 39.7 Å². The van der Waals surface area contributed by atoms with Crippen LogP contribution in [-0.2, 0) is 13.2 Å². The molecular weight excluding hydrogens is 445 g/mol. The fraction of sp³-hybridized carbons (Fsp3) is 0.182. The largest absolute Gasteiger partial charge is 0.490 e. The van der Waals surface area contributed by atoms with Gasteiger partial charge in [0, 0.05) is 16.7 Å². The zero-order valence-corrected chi connectivity index (χ0v) is 17.7. The van der Waals surface area contributed by atoms with Crippen molar-refractivity contribution in [2.45, 2.75) is 20.1 Å². The summed E-state index contributed by atoms with van der Waals surface area (Å²) in [4.78, 5) is 0. The lowest BCUT2D eigenvalue weighted by Crippen LogP contribution is -2.04. The number of nitrogens with one attached hydrogen (secondary N) is 1. The molecule has 0 spiro atoms. The molecule has 0 heterocycles. The van der Waals surface area contributed by atoms with Crippen LogP contribution in [0.3, 0.4) is 0 Å². The highest BCUT2D eigenvalue weighted by atomic mass is 79.9.